The average Bonchev–Trinajstić information content (AvgIpc) is 2.77. The fraction of sp³-hybridized carbons (Fsp3) is 0.714. The molecular formula is C21H35N3O10S. The van der Waals surface area contributed by atoms with Gasteiger partial charge in [-0.1, -0.05) is 0 Å². The molecule has 0 aromatic heterocycles. The first kappa shape index (κ1) is 32.1. The molecule has 0 bridgehead atoms. The van der Waals surface area contributed by atoms with Crippen LogP contribution in [0.25, 0.3) is 0 Å². The van der Waals surface area contributed by atoms with Crippen LogP contribution >= 0.6 is 11.8 Å². The van der Waals surface area contributed by atoms with E-state index in [9.17, 15) is 28.8 Å². The van der Waals surface area contributed by atoms with E-state index >= 15 is 0 Å². The van der Waals surface area contributed by atoms with Crippen LogP contribution in [0.5, 0.6) is 0 Å². The first-order valence-electron chi connectivity index (χ1n) is 11.1. The highest BCUT2D eigenvalue weighted by molar-refractivity contribution is 8.00. The van der Waals surface area contributed by atoms with Gasteiger partial charge in [0.15, 0.2) is 0 Å². The fourth-order valence-electron chi connectivity index (χ4n) is 2.49. The first-order chi connectivity index (χ1) is 16.4. The van der Waals surface area contributed by atoms with Crippen LogP contribution < -0.4 is 16.4 Å². The van der Waals surface area contributed by atoms with E-state index in [2.05, 4.69) is 10.6 Å². The lowest BCUT2D eigenvalue weighted by Crippen LogP contribution is -2.50. The van der Waals surface area contributed by atoms with E-state index in [1.807, 2.05) is 0 Å². The standard InChI is InChI=1S/C21H35N3O10S/c1-5-32-18(28)9-15(21(31)33-6-2)35-11-14(19(29)23-10-17(26)27)24-16(25)8-7-13(22)20(30)34-12(3)4/h12-15H,5-11,22H2,1-4H3,(H,23,29)(H,24,25)(H,26,27). The predicted molar refractivity (Wildman–Crippen MR) is 125 cm³/mol. The largest absolute Gasteiger partial charge is 0.480 e. The topological polar surface area (TPSA) is 200 Å². The van der Waals surface area contributed by atoms with Crippen LogP contribution in [0.3, 0.4) is 0 Å². The zero-order valence-electron chi connectivity index (χ0n) is 20.4. The lowest BCUT2D eigenvalue weighted by atomic mass is 10.1. The van der Waals surface area contributed by atoms with Gasteiger partial charge in [0.2, 0.25) is 11.8 Å². The Bertz CT molecular complexity index is 747. The Kier molecular flexibility index (Phi) is 16.1. The van der Waals surface area contributed by atoms with Crippen molar-refractivity contribution in [2.75, 3.05) is 25.5 Å². The van der Waals surface area contributed by atoms with Crippen LogP contribution in [0, 0.1) is 0 Å². The summed E-state index contributed by atoms with van der Waals surface area (Å²) in [6.45, 7) is 6.00. The molecule has 0 aromatic rings. The maximum Gasteiger partial charge on any atom is 0.323 e. The molecule has 200 valence electrons. The zero-order valence-corrected chi connectivity index (χ0v) is 21.2. The summed E-state index contributed by atoms with van der Waals surface area (Å²) in [4.78, 5) is 71.6. The number of ether oxygens (including phenoxy) is 3. The molecule has 5 N–H and O–H groups in total. The summed E-state index contributed by atoms with van der Waals surface area (Å²) in [5.41, 5.74) is 5.72. The van der Waals surface area contributed by atoms with E-state index in [0.717, 1.165) is 11.8 Å². The Hall–Kier alpha value is -2.87. The summed E-state index contributed by atoms with van der Waals surface area (Å²) < 4.78 is 14.8. The quantitative estimate of drug-likeness (QED) is 0.139. The smallest absolute Gasteiger partial charge is 0.323 e. The highest BCUT2D eigenvalue weighted by Crippen LogP contribution is 2.19. The molecule has 0 aliphatic carbocycles. The maximum atomic E-state index is 12.5. The average molecular weight is 522 g/mol. The van der Waals surface area contributed by atoms with Crippen molar-refractivity contribution in [1.29, 1.82) is 0 Å². The van der Waals surface area contributed by atoms with Crippen LogP contribution in [0.4, 0.5) is 0 Å². The van der Waals surface area contributed by atoms with Crippen LogP contribution in [0.15, 0.2) is 0 Å². The molecule has 13 nitrogen and oxygen atoms in total. The van der Waals surface area contributed by atoms with Gasteiger partial charge in [0.25, 0.3) is 0 Å². The molecular weight excluding hydrogens is 486 g/mol. The summed E-state index contributed by atoms with van der Waals surface area (Å²) in [6, 6.07) is -2.29. The molecule has 0 aliphatic rings. The second-order valence-corrected chi connectivity index (χ2v) is 8.68. The number of carboxylic acids is 1. The minimum Gasteiger partial charge on any atom is -0.480 e. The van der Waals surface area contributed by atoms with Crippen LogP contribution in [0.1, 0.15) is 47.0 Å². The Balaban J connectivity index is 5.24. The van der Waals surface area contributed by atoms with E-state index in [1.54, 1.807) is 27.7 Å². The highest BCUT2D eigenvalue weighted by atomic mass is 32.2. The van der Waals surface area contributed by atoms with E-state index in [-0.39, 0.29) is 44.3 Å². The summed E-state index contributed by atoms with van der Waals surface area (Å²) in [7, 11) is 0. The van der Waals surface area contributed by atoms with Crippen molar-refractivity contribution in [3.63, 3.8) is 0 Å². The van der Waals surface area contributed by atoms with Crippen molar-refractivity contribution in [3.8, 4) is 0 Å². The summed E-state index contributed by atoms with van der Waals surface area (Å²) >= 11 is 0.875. The van der Waals surface area contributed by atoms with Gasteiger partial charge in [0.05, 0.1) is 25.7 Å². The molecule has 35 heavy (non-hydrogen) atoms. The third kappa shape index (κ3) is 14.9. The Labute approximate surface area is 208 Å². The molecule has 0 radical (unpaired) electrons. The second-order valence-electron chi connectivity index (χ2n) is 7.45. The first-order valence-corrected chi connectivity index (χ1v) is 12.1. The van der Waals surface area contributed by atoms with Crippen LogP contribution in [-0.4, -0.2) is 89.7 Å². The normalized spacial score (nSPS) is 13.2. The number of esters is 3. The summed E-state index contributed by atoms with van der Waals surface area (Å²) in [5.74, 6) is -4.93. The zero-order chi connectivity index (χ0) is 27.0. The second kappa shape index (κ2) is 17.5. The van der Waals surface area contributed by atoms with E-state index in [1.165, 1.54) is 0 Å². The number of amides is 2. The fourth-order valence-corrected chi connectivity index (χ4v) is 3.61. The number of aliphatic carboxylic acids is 1. The molecule has 14 heteroatoms. The van der Waals surface area contributed by atoms with Crippen molar-refractivity contribution in [2.24, 2.45) is 5.73 Å². The third-order valence-corrected chi connectivity index (χ3v) is 5.36. The third-order valence-electron chi connectivity index (χ3n) is 4.07. The van der Waals surface area contributed by atoms with E-state index in [4.69, 9.17) is 25.1 Å². The molecule has 0 heterocycles. The molecule has 2 amide bonds. The van der Waals surface area contributed by atoms with Crippen LogP contribution in [-0.2, 0) is 43.0 Å². The SMILES string of the molecule is CCOC(=O)CC(SCC(NC(=O)CCC(N)C(=O)OC(C)C)C(=O)NCC(=O)O)C(=O)OCC. The van der Waals surface area contributed by atoms with Gasteiger partial charge >= 0.3 is 23.9 Å². The van der Waals surface area contributed by atoms with Gasteiger partial charge in [-0.2, -0.15) is 0 Å². The molecule has 0 aliphatic heterocycles. The molecule has 0 spiro atoms. The molecule has 0 saturated heterocycles. The van der Waals surface area contributed by atoms with E-state index < -0.39 is 59.6 Å². The molecule has 0 rings (SSSR count). The Morgan fingerprint density at radius 1 is 1.00 bits per heavy atom. The number of thioether (sulfide) groups is 1. The van der Waals surface area contributed by atoms with Crippen molar-refractivity contribution in [2.45, 2.75) is 70.4 Å². The van der Waals surface area contributed by atoms with Gasteiger partial charge in [0.1, 0.15) is 23.9 Å². The molecule has 0 saturated carbocycles. The van der Waals surface area contributed by atoms with Gasteiger partial charge in [-0.05, 0) is 34.1 Å². The predicted octanol–water partition coefficient (Wildman–Crippen LogP) is -0.651. The molecule has 3 unspecified atom stereocenters. The summed E-state index contributed by atoms with van der Waals surface area (Å²) in [6.07, 6.45) is -0.959. The lowest BCUT2D eigenvalue weighted by Gasteiger charge is -2.21. The van der Waals surface area contributed by atoms with Crippen molar-refractivity contribution in [3.05, 3.63) is 0 Å². The number of hydrogen-bond donors (Lipinski definition) is 4. The van der Waals surface area contributed by atoms with Crippen molar-refractivity contribution >= 4 is 47.5 Å². The minimum atomic E-state index is -1.29. The summed E-state index contributed by atoms with van der Waals surface area (Å²) in [5, 5.41) is 12.4. The van der Waals surface area contributed by atoms with Gasteiger partial charge in [0, 0.05) is 12.2 Å². The molecule has 0 fully saturated rings. The number of carboxylic acid groups (broad SMARTS) is 1. The van der Waals surface area contributed by atoms with Gasteiger partial charge in [-0.25, -0.2) is 0 Å². The minimum absolute atomic E-state index is 0.0533. The highest BCUT2D eigenvalue weighted by Gasteiger charge is 2.29. The van der Waals surface area contributed by atoms with Crippen molar-refractivity contribution < 1.29 is 48.1 Å². The number of hydrogen-bond acceptors (Lipinski definition) is 11. The Morgan fingerprint density at radius 3 is 2.17 bits per heavy atom. The Morgan fingerprint density at radius 2 is 1.63 bits per heavy atom. The maximum absolute atomic E-state index is 12.5. The number of carbonyl (C=O) groups is 6. The van der Waals surface area contributed by atoms with Gasteiger partial charge in [-0.15, -0.1) is 11.8 Å². The number of nitrogens with one attached hydrogen (secondary N) is 2. The lowest BCUT2D eigenvalue weighted by molar-refractivity contribution is -0.149. The number of nitrogens with two attached hydrogens (primary N) is 1. The molecule has 3 atom stereocenters. The number of carbonyl (C=O) groups excluding carboxylic acids is 5. The van der Waals surface area contributed by atoms with E-state index in [0.29, 0.717) is 0 Å². The van der Waals surface area contributed by atoms with Crippen molar-refractivity contribution in [1.82, 2.24) is 10.6 Å². The van der Waals surface area contributed by atoms with Gasteiger partial charge in [-0.3, -0.25) is 28.8 Å². The monoisotopic (exact) mass is 521 g/mol. The van der Waals surface area contributed by atoms with Crippen LogP contribution in [0.2, 0.25) is 0 Å². The van der Waals surface area contributed by atoms with Gasteiger partial charge < -0.3 is 35.7 Å². The number of rotatable bonds is 17. The molecule has 0 aromatic carbocycles.